The number of aliphatic hydroxyl groups excluding tert-OH is 1. The van der Waals surface area contributed by atoms with Crippen molar-refractivity contribution >= 4 is 22.6 Å². The second-order valence-corrected chi connectivity index (χ2v) is 7.14. The number of amides is 1. The van der Waals surface area contributed by atoms with Gasteiger partial charge in [-0.05, 0) is 35.7 Å². The maximum atomic E-state index is 12.8. The molecule has 0 fully saturated rings. The number of nitrogens with one attached hydrogen (secondary N) is 1. The lowest BCUT2D eigenvalue weighted by molar-refractivity contribution is -0.129. The Morgan fingerprint density at radius 3 is 2.55 bits per heavy atom. The molecule has 1 atom stereocenters. The van der Waals surface area contributed by atoms with E-state index in [1.54, 1.807) is 19.1 Å². The number of phenolic OH excluding ortho intramolecular Hbond substituents is 1. The third kappa shape index (κ3) is 3.27. The zero-order chi connectivity index (χ0) is 20.5. The SMILES string of the molecule is CCC(=O)C1=C(O)C(=O)N(CCc2c[nH]c3ccccc23)C1c1ccc(O)cc1. The molecule has 1 aliphatic heterocycles. The van der Waals surface area contributed by atoms with Gasteiger partial charge in [-0.3, -0.25) is 9.59 Å². The number of fused-ring (bicyclic) bond motifs is 1. The zero-order valence-electron chi connectivity index (χ0n) is 16.1. The quantitative estimate of drug-likeness (QED) is 0.597. The van der Waals surface area contributed by atoms with Crippen LogP contribution in [0.15, 0.2) is 66.1 Å². The summed E-state index contributed by atoms with van der Waals surface area (Å²) in [5.41, 5.74) is 2.89. The van der Waals surface area contributed by atoms with Crippen LogP contribution in [0.25, 0.3) is 10.9 Å². The molecule has 0 spiro atoms. The molecule has 1 aliphatic rings. The predicted molar refractivity (Wildman–Crippen MR) is 110 cm³/mol. The predicted octanol–water partition coefficient (Wildman–Crippen LogP) is 3.79. The summed E-state index contributed by atoms with van der Waals surface area (Å²) in [6.45, 7) is 2.05. The number of carbonyl (C=O) groups is 2. The van der Waals surface area contributed by atoms with E-state index < -0.39 is 17.7 Å². The summed E-state index contributed by atoms with van der Waals surface area (Å²) < 4.78 is 0. The minimum absolute atomic E-state index is 0.0972. The first-order valence-corrected chi connectivity index (χ1v) is 9.62. The van der Waals surface area contributed by atoms with Crippen molar-refractivity contribution in [2.45, 2.75) is 25.8 Å². The van der Waals surface area contributed by atoms with Crippen LogP contribution in [-0.4, -0.2) is 38.3 Å². The molecule has 1 amide bonds. The third-order valence-electron chi connectivity index (χ3n) is 5.43. The van der Waals surface area contributed by atoms with Crippen molar-refractivity contribution in [3.8, 4) is 5.75 Å². The highest BCUT2D eigenvalue weighted by molar-refractivity contribution is 6.08. The molecule has 0 saturated heterocycles. The first kappa shape index (κ1) is 18.8. The van der Waals surface area contributed by atoms with Gasteiger partial charge in [-0.2, -0.15) is 0 Å². The van der Waals surface area contributed by atoms with E-state index in [9.17, 15) is 19.8 Å². The number of ketones is 1. The largest absolute Gasteiger partial charge is 0.508 e. The van der Waals surface area contributed by atoms with Gasteiger partial charge in [0.1, 0.15) is 5.75 Å². The lowest BCUT2D eigenvalue weighted by atomic mass is 9.95. The normalized spacial score (nSPS) is 16.8. The van der Waals surface area contributed by atoms with Crippen molar-refractivity contribution in [2.75, 3.05) is 6.54 Å². The van der Waals surface area contributed by atoms with Crippen LogP contribution in [0.1, 0.15) is 30.5 Å². The van der Waals surface area contributed by atoms with E-state index in [1.165, 1.54) is 17.0 Å². The van der Waals surface area contributed by atoms with E-state index in [-0.39, 0.29) is 23.5 Å². The Morgan fingerprint density at radius 2 is 1.83 bits per heavy atom. The Morgan fingerprint density at radius 1 is 1.10 bits per heavy atom. The summed E-state index contributed by atoms with van der Waals surface area (Å²) in [6, 6.07) is 13.6. The molecule has 0 radical (unpaired) electrons. The number of phenols is 1. The Hall–Kier alpha value is -3.54. The van der Waals surface area contributed by atoms with Crippen LogP contribution in [-0.2, 0) is 16.0 Å². The first-order valence-electron chi connectivity index (χ1n) is 9.62. The Labute approximate surface area is 168 Å². The molecule has 2 aromatic carbocycles. The summed E-state index contributed by atoms with van der Waals surface area (Å²) in [4.78, 5) is 30.1. The van der Waals surface area contributed by atoms with Gasteiger partial charge in [-0.25, -0.2) is 0 Å². The molecule has 2 heterocycles. The molecule has 3 N–H and O–H groups in total. The molecule has 4 rings (SSSR count). The minimum Gasteiger partial charge on any atom is -0.508 e. The lowest BCUT2D eigenvalue weighted by Gasteiger charge is -2.26. The topological polar surface area (TPSA) is 93.6 Å². The number of hydrogen-bond acceptors (Lipinski definition) is 4. The average Bonchev–Trinajstić information content (AvgIpc) is 3.26. The van der Waals surface area contributed by atoms with E-state index >= 15 is 0 Å². The number of rotatable bonds is 6. The van der Waals surface area contributed by atoms with Crippen molar-refractivity contribution in [3.63, 3.8) is 0 Å². The Bertz CT molecular complexity index is 1110. The molecule has 0 saturated carbocycles. The van der Waals surface area contributed by atoms with Crippen molar-refractivity contribution in [1.29, 1.82) is 0 Å². The smallest absolute Gasteiger partial charge is 0.290 e. The van der Waals surface area contributed by atoms with E-state index in [1.807, 2.05) is 30.5 Å². The first-order chi connectivity index (χ1) is 14.0. The Kier molecular flexibility index (Phi) is 4.84. The molecule has 148 valence electrons. The molecule has 6 heteroatoms. The number of H-pyrrole nitrogens is 1. The molecule has 3 aromatic rings. The van der Waals surface area contributed by atoms with Crippen LogP contribution >= 0.6 is 0 Å². The van der Waals surface area contributed by atoms with E-state index in [2.05, 4.69) is 4.98 Å². The summed E-state index contributed by atoms with van der Waals surface area (Å²) in [5.74, 6) is -1.18. The van der Waals surface area contributed by atoms with Gasteiger partial charge in [0.25, 0.3) is 5.91 Å². The summed E-state index contributed by atoms with van der Waals surface area (Å²) in [5, 5.41) is 21.1. The van der Waals surface area contributed by atoms with Crippen molar-refractivity contribution in [3.05, 3.63) is 77.2 Å². The fourth-order valence-electron chi connectivity index (χ4n) is 3.94. The van der Waals surface area contributed by atoms with Crippen LogP contribution in [0.4, 0.5) is 0 Å². The fraction of sp³-hybridized carbons (Fsp3) is 0.217. The Balaban J connectivity index is 1.67. The fourth-order valence-corrected chi connectivity index (χ4v) is 3.94. The van der Waals surface area contributed by atoms with Gasteiger partial charge in [-0.1, -0.05) is 37.3 Å². The van der Waals surface area contributed by atoms with Gasteiger partial charge >= 0.3 is 0 Å². The van der Waals surface area contributed by atoms with Gasteiger partial charge in [0.05, 0.1) is 11.6 Å². The number of aromatic hydroxyl groups is 1. The highest BCUT2D eigenvalue weighted by Gasteiger charge is 2.42. The van der Waals surface area contributed by atoms with Gasteiger partial charge in [0.15, 0.2) is 11.5 Å². The average molecular weight is 390 g/mol. The summed E-state index contributed by atoms with van der Waals surface area (Å²) >= 11 is 0. The maximum Gasteiger partial charge on any atom is 0.290 e. The second kappa shape index (κ2) is 7.47. The van der Waals surface area contributed by atoms with E-state index in [0.717, 1.165) is 16.5 Å². The number of benzene rings is 2. The number of aliphatic hydroxyl groups is 1. The number of para-hydroxylation sites is 1. The number of nitrogens with zero attached hydrogens (tertiary/aromatic N) is 1. The highest BCUT2D eigenvalue weighted by Crippen LogP contribution is 2.38. The monoisotopic (exact) mass is 390 g/mol. The van der Waals surface area contributed by atoms with Gasteiger partial charge in [0.2, 0.25) is 0 Å². The molecule has 29 heavy (non-hydrogen) atoms. The maximum absolute atomic E-state index is 12.8. The number of aromatic amines is 1. The minimum atomic E-state index is -0.666. The number of hydrogen-bond donors (Lipinski definition) is 3. The standard InChI is InChI=1S/C23H22N2O4/c1-2-19(27)20-21(14-7-9-16(26)10-8-14)25(23(29)22(20)28)12-11-15-13-24-18-6-4-3-5-17(15)18/h3-10,13,21,24,26,28H,2,11-12H2,1H3. The number of aromatic nitrogens is 1. The molecule has 0 aliphatic carbocycles. The van der Waals surface area contributed by atoms with Crippen molar-refractivity contribution in [2.24, 2.45) is 0 Å². The van der Waals surface area contributed by atoms with Gasteiger partial charge < -0.3 is 20.1 Å². The number of Topliss-reactive ketones (excluding diaryl/α,β-unsaturated/α-hetero) is 1. The molecule has 1 aromatic heterocycles. The van der Waals surface area contributed by atoms with E-state index in [0.29, 0.717) is 18.5 Å². The number of carbonyl (C=O) groups excluding carboxylic acids is 2. The van der Waals surface area contributed by atoms with Gasteiger partial charge in [-0.15, -0.1) is 0 Å². The van der Waals surface area contributed by atoms with Crippen LogP contribution in [0.2, 0.25) is 0 Å². The van der Waals surface area contributed by atoms with E-state index in [4.69, 9.17) is 0 Å². The van der Waals surface area contributed by atoms with Crippen molar-refractivity contribution < 1.29 is 19.8 Å². The van der Waals surface area contributed by atoms with Crippen LogP contribution in [0.3, 0.4) is 0 Å². The molecule has 0 bridgehead atoms. The lowest BCUT2D eigenvalue weighted by Crippen LogP contribution is -2.33. The highest BCUT2D eigenvalue weighted by atomic mass is 16.3. The third-order valence-corrected chi connectivity index (χ3v) is 5.43. The van der Waals surface area contributed by atoms with Crippen LogP contribution in [0.5, 0.6) is 5.75 Å². The van der Waals surface area contributed by atoms with Crippen molar-refractivity contribution in [1.82, 2.24) is 9.88 Å². The zero-order valence-corrected chi connectivity index (χ0v) is 16.1. The summed E-state index contributed by atoms with van der Waals surface area (Å²) in [7, 11) is 0. The van der Waals surface area contributed by atoms with Crippen LogP contribution in [0, 0.1) is 0 Å². The second-order valence-electron chi connectivity index (χ2n) is 7.14. The van der Waals surface area contributed by atoms with Crippen LogP contribution < -0.4 is 0 Å². The molecule has 1 unspecified atom stereocenters. The molecule has 6 nitrogen and oxygen atoms in total. The van der Waals surface area contributed by atoms with Gasteiger partial charge in [0, 0.05) is 30.1 Å². The molecular weight excluding hydrogens is 368 g/mol. The summed E-state index contributed by atoms with van der Waals surface area (Å²) in [6.07, 6.45) is 2.69. The molecular formula is C23H22N2O4.